The number of hydrogen-bond donors (Lipinski definition) is 1. The Kier molecular flexibility index (Phi) is 2.82. The summed E-state index contributed by atoms with van der Waals surface area (Å²) >= 11 is 0. The van der Waals surface area contributed by atoms with Gasteiger partial charge in [-0.25, -0.2) is 0 Å². The molecule has 2 nitrogen and oxygen atoms in total. The molecule has 0 aliphatic carbocycles. The molecule has 1 aromatic heterocycles. The van der Waals surface area contributed by atoms with Gasteiger partial charge in [0.15, 0.2) is 0 Å². The molecule has 1 aromatic rings. The van der Waals surface area contributed by atoms with E-state index in [-0.39, 0.29) is 5.54 Å². The second-order valence-electron chi connectivity index (χ2n) is 3.10. The zero-order chi connectivity index (χ0) is 9.03. The normalized spacial score (nSPS) is 11.6. The Bertz CT molecular complexity index is 227. The van der Waals surface area contributed by atoms with Crippen molar-refractivity contribution >= 4 is 0 Å². The highest BCUT2D eigenvalue weighted by Gasteiger charge is 2.22. The summed E-state index contributed by atoms with van der Waals surface area (Å²) in [5, 5.41) is 0. The van der Waals surface area contributed by atoms with Crippen LogP contribution in [0.25, 0.3) is 0 Å². The minimum atomic E-state index is -0.186. The van der Waals surface area contributed by atoms with E-state index in [4.69, 9.17) is 5.73 Å². The largest absolute Gasteiger partial charge is 0.321 e. The van der Waals surface area contributed by atoms with Crippen LogP contribution in [0.5, 0.6) is 0 Å². The highest BCUT2D eigenvalue weighted by atomic mass is 14.7. The molecule has 12 heavy (non-hydrogen) atoms. The minimum Gasteiger partial charge on any atom is -0.321 e. The van der Waals surface area contributed by atoms with Gasteiger partial charge in [-0.05, 0) is 24.5 Å². The summed E-state index contributed by atoms with van der Waals surface area (Å²) in [6.07, 6.45) is 5.53. The Labute approximate surface area is 73.8 Å². The third kappa shape index (κ3) is 1.64. The summed E-state index contributed by atoms with van der Waals surface area (Å²) in [7, 11) is 0. The van der Waals surface area contributed by atoms with Gasteiger partial charge in [0, 0.05) is 17.9 Å². The van der Waals surface area contributed by atoms with Crippen LogP contribution < -0.4 is 5.73 Å². The van der Waals surface area contributed by atoms with E-state index in [9.17, 15) is 0 Å². The molecule has 0 spiro atoms. The molecular formula is C10H16N2. The Balaban J connectivity index is 2.95. The fourth-order valence-corrected chi connectivity index (χ4v) is 1.32. The molecule has 0 aliphatic rings. The quantitative estimate of drug-likeness (QED) is 0.742. The molecule has 1 heterocycles. The molecule has 2 N–H and O–H groups in total. The monoisotopic (exact) mass is 164 g/mol. The summed E-state index contributed by atoms with van der Waals surface area (Å²) in [6.45, 7) is 4.22. The lowest BCUT2D eigenvalue weighted by atomic mass is 9.87. The number of hydrogen-bond acceptors (Lipinski definition) is 2. The van der Waals surface area contributed by atoms with Crippen LogP contribution in [0.2, 0.25) is 0 Å². The maximum atomic E-state index is 6.18. The molecule has 0 bridgehead atoms. The molecule has 0 atom stereocenters. The molecule has 0 amide bonds. The van der Waals surface area contributed by atoms with E-state index in [1.54, 1.807) is 6.20 Å². The Morgan fingerprint density at radius 2 is 2.08 bits per heavy atom. The second kappa shape index (κ2) is 3.68. The zero-order valence-corrected chi connectivity index (χ0v) is 7.75. The molecule has 1 rings (SSSR count). The Morgan fingerprint density at radius 3 is 2.50 bits per heavy atom. The van der Waals surface area contributed by atoms with E-state index < -0.39 is 0 Å². The molecule has 0 unspecified atom stereocenters. The molecule has 0 aromatic carbocycles. The van der Waals surface area contributed by atoms with E-state index >= 15 is 0 Å². The van der Waals surface area contributed by atoms with Crippen molar-refractivity contribution in [1.82, 2.24) is 4.98 Å². The van der Waals surface area contributed by atoms with Crippen LogP contribution in [-0.4, -0.2) is 4.98 Å². The molecular weight excluding hydrogens is 148 g/mol. The van der Waals surface area contributed by atoms with Crippen LogP contribution >= 0.6 is 0 Å². The van der Waals surface area contributed by atoms with Crippen LogP contribution in [0.3, 0.4) is 0 Å². The first-order valence-electron chi connectivity index (χ1n) is 4.42. The van der Waals surface area contributed by atoms with Crippen molar-refractivity contribution in [1.29, 1.82) is 0 Å². The lowest BCUT2D eigenvalue weighted by Crippen LogP contribution is -2.35. The van der Waals surface area contributed by atoms with Gasteiger partial charge < -0.3 is 5.73 Å². The average Bonchev–Trinajstić information content (AvgIpc) is 2.18. The number of rotatable bonds is 3. The summed E-state index contributed by atoms with van der Waals surface area (Å²) in [5.41, 5.74) is 7.13. The molecule has 0 radical (unpaired) electrons. The van der Waals surface area contributed by atoms with Gasteiger partial charge in [-0.2, -0.15) is 0 Å². The predicted molar refractivity (Wildman–Crippen MR) is 50.7 cm³/mol. The standard InChI is InChI=1S/C10H16N2/c1-3-10(11,4-2)9-6-5-7-12-8-9/h5-8H,3-4,11H2,1-2H3. The summed E-state index contributed by atoms with van der Waals surface area (Å²) in [5.74, 6) is 0. The van der Waals surface area contributed by atoms with Crippen LogP contribution in [-0.2, 0) is 5.54 Å². The van der Waals surface area contributed by atoms with Gasteiger partial charge in [0.1, 0.15) is 0 Å². The van der Waals surface area contributed by atoms with E-state index in [0.717, 1.165) is 18.4 Å². The fourth-order valence-electron chi connectivity index (χ4n) is 1.32. The van der Waals surface area contributed by atoms with E-state index in [1.165, 1.54) is 0 Å². The highest BCUT2D eigenvalue weighted by Crippen LogP contribution is 2.24. The summed E-state index contributed by atoms with van der Waals surface area (Å²) in [4.78, 5) is 4.07. The molecule has 0 fully saturated rings. The third-order valence-electron chi connectivity index (χ3n) is 2.50. The maximum Gasteiger partial charge on any atom is 0.0419 e. The zero-order valence-electron chi connectivity index (χ0n) is 7.75. The maximum absolute atomic E-state index is 6.18. The SMILES string of the molecule is CCC(N)(CC)c1cccnc1. The van der Waals surface area contributed by atoms with Gasteiger partial charge >= 0.3 is 0 Å². The molecule has 0 saturated heterocycles. The predicted octanol–water partition coefficient (Wildman–Crippen LogP) is 2.06. The molecule has 0 saturated carbocycles. The van der Waals surface area contributed by atoms with Crippen LogP contribution in [0.4, 0.5) is 0 Å². The topological polar surface area (TPSA) is 38.9 Å². The Hall–Kier alpha value is -0.890. The van der Waals surface area contributed by atoms with Gasteiger partial charge in [0.25, 0.3) is 0 Å². The van der Waals surface area contributed by atoms with Crippen LogP contribution in [0.15, 0.2) is 24.5 Å². The minimum absolute atomic E-state index is 0.186. The van der Waals surface area contributed by atoms with Gasteiger partial charge in [-0.1, -0.05) is 19.9 Å². The first kappa shape index (κ1) is 9.20. The van der Waals surface area contributed by atoms with Gasteiger partial charge in [0.2, 0.25) is 0 Å². The number of nitrogens with two attached hydrogens (primary N) is 1. The van der Waals surface area contributed by atoms with Crippen molar-refractivity contribution in [3.8, 4) is 0 Å². The van der Waals surface area contributed by atoms with Gasteiger partial charge in [-0.15, -0.1) is 0 Å². The van der Waals surface area contributed by atoms with Crippen molar-refractivity contribution in [2.24, 2.45) is 5.73 Å². The van der Waals surface area contributed by atoms with Gasteiger partial charge in [-0.3, -0.25) is 4.98 Å². The highest BCUT2D eigenvalue weighted by molar-refractivity contribution is 5.19. The number of nitrogens with zero attached hydrogens (tertiary/aromatic N) is 1. The Morgan fingerprint density at radius 1 is 1.42 bits per heavy atom. The number of aromatic nitrogens is 1. The first-order valence-corrected chi connectivity index (χ1v) is 4.42. The summed E-state index contributed by atoms with van der Waals surface area (Å²) < 4.78 is 0. The molecule has 2 heteroatoms. The van der Waals surface area contributed by atoms with Crippen molar-refractivity contribution < 1.29 is 0 Å². The van der Waals surface area contributed by atoms with Crippen molar-refractivity contribution in [2.75, 3.05) is 0 Å². The lowest BCUT2D eigenvalue weighted by molar-refractivity contribution is 0.411. The molecule has 66 valence electrons. The smallest absolute Gasteiger partial charge is 0.0419 e. The van der Waals surface area contributed by atoms with E-state index in [0.29, 0.717) is 0 Å². The van der Waals surface area contributed by atoms with E-state index in [2.05, 4.69) is 18.8 Å². The fraction of sp³-hybridized carbons (Fsp3) is 0.500. The van der Waals surface area contributed by atoms with Crippen LogP contribution in [0, 0.1) is 0 Å². The average molecular weight is 164 g/mol. The van der Waals surface area contributed by atoms with Crippen molar-refractivity contribution in [3.63, 3.8) is 0 Å². The second-order valence-corrected chi connectivity index (χ2v) is 3.10. The van der Waals surface area contributed by atoms with Crippen molar-refractivity contribution in [2.45, 2.75) is 32.2 Å². The van der Waals surface area contributed by atoms with E-state index in [1.807, 2.05) is 18.3 Å². The summed E-state index contributed by atoms with van der Waals surface area (Å²) in [6, 6.07) is 3.97. The van der Waals surface area contributed by atoms with Gasteiger partial charge in [0.05, 0.1) is 0 Å². The van der Waals surface area contributed by atoms with Crippen LogP contribution in [0.1, 0.15) is 32.3 Å². The first-order chi connectivity index (χ1) is 5.73. The third-order valence-corrected chi connectivity index (χ3v) is 2.50. The lowest BCUT2D eigenvalue weighted by Gasteiger charge is -2.26. The number of pyridine rings is 1. The van der Waals surface area contributed by atoms with Crippen molar-refractivity contribution in [3.05, 3.63) is 30.1 Å². The molecule has 0 aliphatic heterocycles.